The van der Waals surface area contributed by atoms with Gasteiger partial charge in [-0.3, -0.25) is 4.79 Å². The Morgan fingerprint density at radius 1 is 1.50 bits per heavy atom. The van der Waals surface area contributed by atoms with Crippen LogP contribution in [0.5, 0.6) is 5.75 Å². The maximum Gasteiger partial charge on any atom is 0.320 e. The maximum absolute atomic E-state index is 10.7. The Morgan fingerprint density at radius 3 is 2.72 bits per heavy atom. The summed E-state index contributed by atoms with van der Waals surface area (Å²) in [6.45, 7) is 4.21. The van der Waals surface area contributed by atoms with Crippen molar-refractivity contribution >= 4 is 29.2 Å². The van der Waals surface area contributed by atoms with Crippen molar-refractivity contribution in [2.75, 3.05) is 6.61 Å². The fourth-order valence-electron chi connectivity index (χ4n) is 1.40. The van der Waals surface area contributed by atoms with Gasteiger partial charge in [0.2, 0.25) is 0 Å². The highest BCUT2D eigenvalue weighted by Gasteiger charge is 2.14. The van der Waals surface area contributed by atoms with E-state index < -0.39 is 12.0 Å². The number of rotatable bonds is 6. The predicted octanol–water partition coefficient (Wildman–Crippen LogP) is 2.95. The van der Waals surface area contributed by atoms with E-state index in [4.69, 9.17) is 33.0 Å². The highest BCUT2D eigenvalue weighted by Crippen LogP contribution is 2.32. The normalized spacial score (nSPS) is 12.2. The smallest absolute Gasteiger partial charge is 0.320 e. The summed E-state index contributed by atoms with van der Waals surface area (Å²) >= 11 is 12.0. The topological polar surface area (TPSA) is 58.6 Å². The first-order chi connectivity index (χ1) is 8.45. The summed E-state index contributed by atoms with van der Waals surface area (Å²) in [6.07, 6.45) is 0. The first kappa shape index (κ1) is 15.1. The third-order valence-electron chi connectivity index (χ3n) is 2.34. The van der Waals surface area contributed by atoms with E-state index in [0.717, 1.165) is 5.56 Å². The van der Waals surface area contributed by atoms with E-state index in [9.17, 15) is 4.79 Å². The average Bonchev–Trinajstić information content (AvgIpc) is 2.29. The number of carboxylic acids is 1. The standard InChI is InChI=1S/C12H15Cl2NO3/c1-3-18-11-8(4-9(13)5-10(11)14)6-15-7(2)12(16)17/h4-5,7,15H,3,6H2,1-2H3,(H,16,17). The number of halogens is 2. The van der Waals surface area contributed by atoms with Crippen LogP contribution in [0.4, 0.5) is 0 Å². The van der Waals surface area contributed by atoms with Gasteiger partial charge in [0.25, 0.3) is 0 Å². The van der Waals surface area contributed by atoms with Gasteiger partial charge in [0.05, 0.1) is 11.6 Å². The number of ether oxygens (including phenoxy) is 1. The molecule has 1 aromatic carbocycles. The fraction of sp³-hybridized carbons (Fsp3) is 0.417. The Labute approximate surface area is 116 Å². The molecule has 1 rings (SSSR count). The minimum absolute atomic E-state index is 0.322. The molecule has 1 atom stereocenters. The van der Waals surface area contributed by atoms with Crippen LogP contribution in [-0.2, 0) is 11.3 Å². The second-order valence-electron chi connectivity index (χ2n) is 3.75. The second kappa shape index (κ2) is 6.83. The van der Waals surface area contributed by atoms with Crippen LogP contribution in [0.2, 0.25) is 10.0 Å². The van der Waals surface area contributed by atoms with Crippen molar-refractivity contribution in [1.29, 1.82) is 0 Å². The molecular formula is C12H15Cl2NO3. The number of nitrogens with one attached hydrogen (secondary N) is 1. The van der Waals surface area contributed by atoms with E-state index in [1.807, 2.05) is 6.92 Å². The number of hydrogen-bond acceptors (Lipinski definition) is 3. The zero-order chi connectivity index (χ0) is 13.7. The molecule has 4 nitrogen and oxygen atoms in total. The van der Waals surface area contributed by atoms with E-state index in [0.29, 0.717) is 28.9 Å². The van der Waals surface area contributed by atoms with Crippen molar-refractivity contribution in [1.82, 2.24) is 5.32 Å². The summed E-state index contributed by atoms with van der Waals surface area (Å²) in [5, 5.41) is 12.6. The summed E-state index contributed by atoms with van der Waals surface area (Å²) in [5.74, 6) is -0.380. The summed E-state index contributed by atoms with van der Waals surface area (Å²) in [7, 11) is 0. The number of carbonyl (C=O) groups is 1. The Balaban J connectivity index is 2.89. The Morgan fingerprint density at radius 2 is 2.17 bits per heavy atom. The molecule has 0 aliphatic carbocycles. The largest absolute Gasteiger partial charge is 0.492 e. The number of hydrogen-bond donors (Lipinski definition) is 2. The third-order valence-corrected chi connectivity index (χ3v) is 2.84. The van der Waals surface area contributed by atoms with Gasteiger partial charge >= 0.3 is 5.97 Å². The molecule has 0 bridgehead atoms. The van der Waals surface area contributed by atoms with Gasteiger partial charge in [-0.1, -0.05) is 23.2 Å². The fourth-order valence-corrected chi connectivity index (χ4v) is 1.99. The minimum Gasteiger partial charge on any atom is -0.492 e. The van der Waals surface area contributed by atoms with E-state index in [1.165, 1.54) is 0 Å². The molecule has 1 aromatic rings. The van der Waals surface area contributed by atoms with E-state index in [-0.39, 0.29) is 0 Å². The van der Waals surface area contributed by atoms with Gasteiger partial charge in [-0.05, 0) is 26.0 Å². The second-order valence-corrected chi connectivity index (χ2v) is 4.59. The number of benzene rings is 1. The monoisotopic (exact) mass is 291 g/mol. The lowest BCUT2D eigenvalue weighted by Gasteiger charge is -2.15. The van der Waals surface area contributed by atoms with Gasteiger partial charge in [0.15, 0.2) is 0 Å². The van der Waals surface area contributed by atoms with E-state index in [2.05, 4.69) is 5.32 Å². The van der Waals surface area contributed by atoms with Crippen LogP contribution in [0.25, 0.3) is 0 Å². The van der Waals surface area contributed by atoms with Gasteiger partial charge in [0, 0.05) is 17.1 Å². The van der Waals surface area contributed by atoms with Crippen LogP contribution in [-0.4, -0.2) is 23.7 Å². The zero-order valence-electron chi connectivity index (χ0n) is 10.2. The third kappa shape index (κ3) is 4.05. The summed E-state index contributed by atoms with van der Waals surface area (Å²) in [4.78, 5) is 10.7. The highest BCUT2D eigenvalue weighted by molar-refractivity contribution is 6.35. The summed E-state index contributed by atoms with van der Waals surface area (Å²) < 4.78 is 5.44. The van der Waals surface area contributed by atoms with Crippen LogP contribution in [0, 0.1) is 0 Å². The molecule has 0 aliphatic heterocycles. The molecule has 1 unspecified atom stereocenters. The van der Waals surface area contributed by atoms with Crippen LogP contribution >= 0.6 is 23.2 Å². The number of carboxylic acid groups (broad SMARTS) is 1. The molecule has 2 N–H and O–H groups in total. The van der Waals surface area contributed by atoms with E-state index in [1.54, 1.807) is 19.1 Å². The Kier molecular flexibility index (Phi) is 5.72. The minimum atomic E-state index is -0.916. The Hall–Kier alpha value is -0.970. The van der Waals surface area contributed by atoms with Crippen molar-refractivity contribution in [3.8, 4) is 5.75 Å². The lowest BCUT2D eigenvalue weighted by atomic mass is 10.2. The molecular weight excluding hydrogens is 277 g/mol. The molecule has 0 heterocycles. The summed E-state index contributed by atoms with van der Waals surface area (Å²) in [6, 6.07) is 2.65. The summed E-state index contributed by atoms with van der Waals surface area (Å²) in [5.41, 5.74) is 0.738. The van der Waals surface area contributed by atoms with E-state index >= 15 is 0 Å². The maximum atomic E-state index is 10.7. The van der Waals surface area contributed by atoms with Gasteiger partial charge in [0.1, 0.15) is 11.8 Å². The molecule has 0 radical (unpaired) electrons. The first-order valence-corrected chi connectivity index (χ1v) is 6.28. The van der Waals surface area contributed by atoms with Crippen LogP contribution < -0.4 is 10.1 Å². The predicted molar refractivity (Wildman–Crippen MR) is 71.6 cm³/mol. The average molecular weight is 292 g/mol. The van der Waals surface area contributed by atoms with Crippen molar-refractivity contribution in [2.24, 2.45) is 0 Å². The molecule has 0 aliphatic rings. The molecule has 100 valence electrons. The highest BCUT2D eigenvalue weighted by atomic mass is 35.5. The first-order valence-electron chi connectivity index (χ1n) is 5.52. The molecule has 0 saturated carbocycles. The lowest BCUT2D eigenvalue weighted by molar-refractivity contribution is -0.139. The van der Waals surface area contributed by atoms with Crippen LogP contribution in [0.1, 0.15) is 19.4 Å². The molecule has 0 amide bonds. The van der Waals surface area contributed by atoms with Gasteiger partial charge < -0.3 is 15.2 Å². The molecule has 0 aromatic heterocycles. The Bertz CT molecular complexity index is 438. The van der Waals surface area contributed by atoms with Crippen molar-refractivity contribution in [3.63, 3.8) is 0 Å². The van der Waals surface area contributed by atoms with Crippen molar-refractivity contribution in [3.05, 3.63) is 27.7 Å². The zero-order valence-corrected chi connectivity index (χ0v) is 11.7. The quantitative estimate of drug-likeness (QED) is 0.846. The lowest BCUT2D eigenvalue weighted by Crippen LogP contribution is -2.33. The van der Waals surface area contributed by atoms with Crippen LogP contribution in [0.3, 0.4) is 0 Å². The molecule has 0 fully saturated rings. The van der Waals surface area contributed by atoms with Gasteiger partial charge in [-0.2, -0.15) is 0 Å². The number of aliphatic carboxylic acids is 1. The van der Waals surface area contributed by atoms with Gasteiger partial charge in [-0.15, -0.1) is 0 Å². The molecule has 6 heteroatoms. The van der Waals surface area contributed by atoms with Gasteiger partial charge in [-0.25, -0.2) is 0 Å². The van der Waals surface area contributed by atoms with Crippen LogP contribution in [0.15, 0.2) is 12.1 Å². The van der Waals surface area contributed by atoms with Crippen molar-refractivity contribution < 1.29 is 14.6 Å². The SMILES string of the molecule is CCOc1c(Cl)cc(Cl)cc1CNC(C)C(=O)O. The molecule has 0 spiro atoms. The van der Waals surface area contributed by atoms with Crippen molar-refractivity contribution in [2.45, 2.75) is 26.4 Å². The molecule has 0 saturated heterocycles. The molecule has 18 heavy (non-hydrogen) atoms.